The topological polar surface area (TPSA) is 64.9 Å². The molecule has 2 rings (SSSR count). The summed E-state index contributed by atoms with van der Waals surface area (Å²) in [6.45, 7) is 3.68. The van der Waals surface area contributed by atoms with E-state index in [-0.39, 0.29) is 5.57 Å². The molecule has 2 N–H and O–H groups in total. The summed E-state index contributed by atoms with van der Waals surface area (Å²) in [6, 6.07) is 12.4. The maximum atomic E-state index is 12.2. The fourth-order valence-electron chi connectivity index (χ4n) is 1.92. The molecule has 0 heterocycles. The second-order valence-electron chi connectivity index (χ2n) is 5.14. The molecule has 2 aromatic rings. The van der Waals surface area contributed by atoms with E-state index in [1.54, 1.807) is 31.2 Å². The van der Waals surface area contributed by atoms with Crippen molar-refractivity contribution in [1.82, 2.24) is 0 Å². The van der Waals surface area contributed by atoms with Crippen LogP contribution in [0.5, 0.6) is 0 Å². The first kappa shape index (κ1) is 17.9. The second kappa shape index (κ2) is 7.87. The van der Waals surface area contributed by atoms with E-state index in [0.717, 1.165) is 11.1 Å². The monoisotopic (exact) mass is 359 g/mol. The quantitative estimate of drug-likeness (QED) is 0.591. The minimum atomic E-state index is -0.520. The zero-order valence-corrected chi connectivity index (χ0v) is 14.7. The minimum absolute atomic E-state index is 0.0638. The molecule has 0 unspecified atom stereocenters. The minimum Gasteiger partial charge on any atom is -0.360 e. The number of anilines is 2. The lowest BCUT2D eigenvalue weighted by Crippen LogP contribution is -2.15. The zero-order chi connectivity index (χ0) is 17.7. The van der Waals surface area contributed by atoms with Gasteiger partial charge in [-0.3, -0.25) is 4.79 Å². The Balaban J connectivity index is 2.15. The van der Waals surface area contributed by atoms with E-state index < -0.39 is 5.91 Å². The van der Waals surface area contributed by atoms with Gasteiger partial charge in [-0.15, -0.1) is 0 Å². The summed E-state index contributed by atoms with van der Waals surface area (Å²) in [4.78, 5) is 12.2. The van der Waals surface area contributed by atoms with Crippen LogP contribution >= 0.6 is 23.2 Å². The lowest BCUT2D eigenvalue weighted by atomic mass is 10.2. The number of nitriles is 1. The second-order valence-corrected chi connectivity index (χ2v) is 5.96. The summed E-state index contributed by atoms with van der Waals surface area (Å²) in [7, 11) is 0. The molecule has 0 bridgehead atoms. The third-order valence-corrected chi connectivity index (χ3v) is 4.25. The maximum Gasteiger partial charge on any atom is 0.267 e. The molecule has 122 valence electrons. The van der Waals surface area contributed by atoms with Gasteiger partial charge in [0.05, 0.1) is 0 Å². The van der Waals surface area contributed by atoms with Crippen LogP contribution in [0.25, 0.3) is 0 Å². The average Bonchev–Trinajstić information content (AvgIpc) is 2.55. The first-order valence-corrected chi connectivity index (χ1v) is 7.87. The van der Waals surface area contributed by atoms with Crippen LogP contribution in [0.2, 0.25) is 10.0 Å². The maximum absolute atomic E-state index is 12.2. The van der Waals surface area contributed by atoms with Crippen molar-refractivity contribution in [2.45, 2.75) is 13.8 Å². The number of nitrogens with one attached hydrogen (secondary N) is 2. The van der Waals surface area contributed by atoms with Crippen molar-refractivity contribution in [2.24, 2.45) is 0 Å². The SMILES string of the molecule is Cc1ccc(N/C=C(/C#N)C(=O)Nc2cccc(Cl)c2C)cc1Cl. The molecule has 4 nitrogen and oxygen atoms in total. The fourth-order valence-corrected chi connectivity index (χ4v) is 2.27. The molecule has 24 heavy (non-hydrogen) atoms. The summed E-state index contributed by atoms with van der Waals surface area (Å²) in [5, 5.41) is 15.9. The van der Waals surface area contributed by atoms with Gasteiger partial charge in [-0.2, -0.15) is 5.26 Å². The van der Waals surface area contributed by atoms with Crippen molar-refractivity contribution in [3.05, 3.63) is 69.3 Å². The number of carbonyl (C=O) groups excluding carboxylic acids is 1. The molecule has 0 fully saturated rings. The number of halogens is 2. The third kappa shape index (κ3) is 4.29. The Hall–Kier alpha value is -2.48. The Labute approximate surface area is 150 Å². The van der Waals surface area contributed by atoms with Crippen LogP contribution < -0.4 is 10.6 Å². The van der Waals surface area contributed by atoms with Gasteiger partial charge in [-0.25, -0.2) is 0 Å². The van der Waals surface area contributed by atoms with Crippen LogP contribution in [0.3, 0.4) is 0 Å². The van der Waals surface area contributed by atoms with Crippen molar-refractivity contribution >= 4 is 40.5 Å². The normalized spacial score (nSPS) is 10.9. The Kier molecular flexibility index (Phi) is 5.86. The van der Waals surface area contributed by atoms with Crippen molar-refractivity contribution in [2.75, 3.05) is 10.6 Å². The molecule has 0 radical (unpaired) electrons. The van der Waals surface area contributed by atoms with E-state index in [9.17, 15) is 10.1 Å². The number of amides is 1. The largest absolute Gasteiger partial charge is 0.360 e. The van der Waals surface area contributed by atoms with E-state index in [4.69, 9.17) is 23.2 Å². The van der Waals surface area contributed by atoms with Crippen molar-refractivity contribution < 1.29 is 4.79 Å². The van der Waals surface area contributed by atoms with Gasteiger partial charge < -0.3 is 10.6 Å². The molecule has 0 atom stereocenters. The molecule has 1 amide bonds. The van der Waals surface area contributed by atoms with Crippen molar-refractivity contribution in [3.63, 3.8) is 0 Å². The molecule has 0 spiro atoms. The van der Waals surface area contributed by atoms with Gasteiger partial charge in [-0.05, 0) is 49.2 Å². The van der Waals surface area contributed by atoms with Crippen LogP contribution in [0.15, 0.2) is 48.2 Å². The lowest BCUT2D eigenvalue weighted by molar-refractivity contribution is -0.112. The number of rotatable bonds is 4. The highest BCUT2D eigenvalue weighted by Crippen LogP contribution is 2.23. The fraction of sp³-hybridized carbons (Fsp3) is 0.111. The molecule has 0 saturated heterocycles. The first-order valence-electron chi connectivity index (χ1n) is 7.12. The van der Waals surface area contributed by atoms with Crippen LogP contribution in [-0.2, 0) is 4.79 Å². The highest BCUT2D eigenvalue weighted by atomic mass is 35.5. The summed E-state index contributed by atoms with van der Waals surface area (Å²) in [6.07, 6.45) is 1.34. The Morgan fingerprint density at radius 1 is 1.17 bits per heavy atom. The molecule has 0 aliphatic carbocycles. The highest BCUT2D eigenvalue weighted by molar-refractivity contribution is 6.32. The molecule has 0 aliphatic heterocycles. The van der Waals surface area contributed by atoms with Gasteiger partial charge in [0.2, 0.25) is 0 Å². The standard InChI is InChI=1S/C18H15Cl2N3O/c1-11-6-7-14(8-16(11)20)22-10-13(9-21)18(24)23-17-5-3-4-15(19)12(17)2/h3-8,10,22H,1-2H3,(H,23,24)/b13-10-. The van der Waals surface area contributed by atoms with Gasteiger partial charge >= 0.3 is 0 Å². The van der Waals surface area contributed by atoms with Gasteiger partial charge in [-0.1, -0.05) is 35.3 Å². The van der Waals surface area contributed by atoms with Crippen LogP contribution in [0.4, 0.5) is 11.4 Å². The highest BCUT2D eigenvalue weighted by Gasteiger charge is 2.11. The molecular formula is C18H15Cl2N3O. The summed E-state index contributed by atoms with van der Waals surface area (Å²) < 4.78 is 0. The van der Waals surface area contributed by atoms with Gasteiger partial charge in [0.1, 0.15) is 11.6 Å². The number of hydrogen-bond acceptors (Lipinski definition) is 3. The van der Waals surface area contributed by atoms with Crippen LogP contribution in [-0.4, -0.2) is 5.91 Å². The number of nitrogens with zero attached hydrogens (tertiary/aromatic N) is 1. The van der Waals surface area contributed by atoms with E-state index in [2.05, 4.69) is 10.6 Å². The first-order chi connectivity index (χ1) is 11.4. The van der Waals surface area contributed by atoms with E-state index in [0.29, 0.717) is 21.4 Å². The summed E-state index contributed by atoms with van der Waals surface area (Å²) >= 11 is 12.1. The van der Waals surface area contributed by atoms with Crippen LogP contribution in [0, 0.1) is 25.2 Å². The molecule has 6 heteroatoms. The Morgan fingerprint density at radius 2 is 1.92 bits per heavy atom. The zero-order valence-electron chi connectivity index (χ0n) is 13.2. The predicted molar refractivity (Wildman–Crippen MR) is 98.3 cm³/mol. The van der Waals surface area contributed by atoms with E-state index in [1.807, 2.05) is 25.1 Å². The van der Waals surface area contributed by atoms with Gasteiger partial charge in [0.25, 0.3) is 5.91 Å². The van der Waals surface area contributed by atoms with E-state index >= 15 is 0 Å². The van der Waals surface area contributed by atoms with Crippen LogP contribution in [0.1, 0.15) is 11.1 Å². The Bertz CT molecular complexity index is 854. The van der Waals surface area contributed by atoms with Gasteiger partial charge in [0.15, 0.2) is 0 Å². The average molecular weight is 360 g/mol. The summed E-state index contributed by atoms with van der Waals surface area (Å²) in [5.74, 6) is -0.520. The summed E-state index contributed by atoms with van der Waals surface area (Å²) in [5.41, 5.74) is 2.87. The van der Waals surface area contributed by atoms with Crippen molar-refractivity contribution in [3.8, 4) is 6.07 Å². The number of aryl methyl sites for hydroxylation is 1. The predicted octanol–water partition coefficient (Wildman–Crippen LogP) is 5.07. The third-order valence-electron chi connectivity index (χ3n) is 3.44. The lowest BCUT2D eigenvalue weighted by Gasteiger charge is -2.09. The van der Waals surface area contributed by atoms with Crippen molar-refractivity contribution in [1.29, 1.82) is 5.26 Å². The number of carbonyl (C=O) groups is 1. The van der Waals surface area contributed by atoms with E-state index in [1.165, 1.54) is 6.20 Å². The number of hydrogen-bond donors (Lipinski definition) is 2. The molecular weight excluding hydrogens is 345 g/mol. The Morgan fingerprint density at radius 3 is 2.58 bits per heavy atom. The van der Waals surface area contributed by atoms with Gasteiger partial charge in [0, 0.05) is 27.6 Å². The molecule has 0 saturated carbocycles. The smallest absolute Gasteiger partial charge is 0.267 e. The number of benzene rings is 2. The molecule has 2 aromatic carbocycles. The molecule has 0 aromatic heterocycles. The molecule has 0 aliphatic rings.